The first-order valence-corrected chi connectivity index (χ1v) is 5.79. The van der Waals surface area contributed by atoms with Crippen LogP contribution in [0.3, 0.4) is 0 Å². The zero-order valence-electron chi connectivity index (χ0n) is 8.10. The van der Waals surface area contributed by atoms with Crippen molar-refractivity contribution in [1.29, 1.82) is 0 Å². The zero-order chi connectivity index (χ0) is 9.97. The van der Waals surface area contributed by atoms with Gasteiger partial charge in [0.25, 0.3) is 0 Å². The van der Waals surface area contributed by atoms with Crippen LogP contribution in [0.5, 0.6) is 0 Å². The van der Waals surface area contributed by atoms with Crippen LogP contribution in [0.4, 0.5) is 0 Å². The third-order valence-electron chi connectivity index (χ3n) is 2.71. The first-order chi connectivity index (χ1) is 6.81. The molecule has 0 bridgehead atoms. The summed E-state index contributed by atoms with van der Waals surface area (Å²) < 4.78 is 5.05. The summed E-state index contributed by atoms with van der Waals surface area (Å²) in [5.74, 6) is 0.374. The fraction of sp³-hybridized carbons (Fsp3) is 0.600. The minimum atomic E-state index is -0.0345. The third-order valence-corrected chi connectivity index (χ3v) is 3.34. The highest BCUT2D eigenvalue weighted by Gasteiger charge is 2.35. The van der Waals surface area contributed by atoms with Crippen molar-refractivity contribution in [3.05, 3.63) is 16.6 Å². The largest absolute Gasteiger partial charge is 0.465 e. The second kappa shape index (κ2) is 4.09. The van der Waals surface area contributed by atoms with Gasteiger partial charge >= 0.3 is 5.97 Å². The van der Waals surface area contributed by atoms with E-state index in [0.29, 0.717) is 12.5 Å². The SMILES string of the molecule is CCC1C(=O)OCC1Cc1cscn1. The maximum atomic E-state index is 11.3. The third kappa shape index (κ3) is 1.80. The van der Waals surface area contributed by atoms with E-state index in [1.54, 1.807) is 11.3 Å². The van der Waals surface area contributed by atoms with E-state index in [4.69, 9.17) is 4.74 Å². The predicted octanol–water partition coefficient (Wildman–Crippen LogP) is 1.88. The molecule has 1 aromatic rings. The highest BCUT2D eigenvalue weighted by Crippen LogP contribution is 2.28. The van der Waals surface area contributed by atoms with Crippen LogP contribution in [0.2, 0.25) is 0 Å². The highest BCUT2D eigenvalue weighted by molar-refractivity contribution is 7.07. The van der Waals surface area contributed by atoms with Gasteiger partial charge in [0.1, 0.15) is 0 Å². The number of rotatable bonds is 3. The Morgan fingerprint density at radius 3 is 3.21 bits per heavy atom. The molecule has 1 aliphatic heterocycles. The van der Waals surface area contributed by atoms with Gasteiger partial charge in [-0.25, -0.2) is 4.98 Å². The number of ether oxygens (including phenoxy) is 1. The summed E-state index contributed by atoms with van der Waals surface area (Å²) in [6, 6.07) is 0. The number of carbonyl (C=O) groups excluding carboxylic acids is 1. The van der Waals surface area contributed by atoms with Crippen molar-refractivity contribution in [3.63, 3.8) is 0 Å². The minimum Gasteiger partial charge on any atom is -0.465 e. The van der Waals surface area contributed by atoms with Gasteiger partial charge in [-0.1, -0.05) is 6.92 Å². The zero-order valence-corrected chi connectivity index (χ0v) is 8.92. The van der Waals surface area contributed by atoms with Crippen molar-refractivity contribution in [2.75, 3.05) is 6.61 Å². The first-order valence-electron chi connectivity index (χ1n) is 4.85. The Bertz CT molecular complexity index is 310. The van der Waals surface area contributed by atoms with Gasteiger partial charge in [-0.15, -0.1) is 11.3 Å². The van der Waals surface area contributed by atoms with E-state index in [0.717, 1.165) is 18.5 Å². The Hall–Kier alpha value is -0.900. The smallest absolute Gasteiger partial charge is 0.309 e. The van der Waals surface area contributed by atoms with Crippen molar-refractivity contribution in [2.24, 2.45) is 11.8 Å². The molecule has 2 rings (SSSR count). The maximum Gasteiger partial charge on any atom is 0.309 e. The number of thiazole rings is 1. The molecule has 1 aromatic heterocycles. The Balaban J connectivity index is 2.01. The number of carbonyl (C=O) groups is 1. The molecule has 0 aromatic carbocycles. The van der Waals surface area contributed by atoms with E-state index in [2.05, 4.69) is 4.98 Å². The summed E-state index contributed by atoms with van der Waals surface area (Å²) >= 11 is 1.60. The molecule has 2 heterocycles. The average Bonchev–Trinajstić information content (AvgIpc) is 2.77. The van der Waals surface area contributed by atoms with Crippen molar-refractivity contribution in [3.8, 4) is 0 Å². The summed E-state index contributed by atoms with van der Waals surface area (Å²) in [6.45, 7) is 2.60. The second-order valence-corrected chi connectivity index (χ2v) is 4.31. The molecule has 3 nitrogen and oxygen atoms in total. The number of cyclic esters (lactones) is 1. The van der Waals surface area contributed by atoms with Gasteiger partial charge in [-0.2, -0.15) is 0 Å². The standard InChI is InChI=1S/C10H13NO2S/c1-2-9-7(4-13-10(9)12)3-8-5-14-6-11-8/h5-7,9H,2-4H2,1H3. The number of hydrogen-bond donors (Lipinski definition) is 0. The van der Waals surface area contributed by atoms with Crippen molar-refractivity contribution < 1.29 is 9.53 Å². The van der Waals surface area contributed by atoms with Crippen LogP contribution in [0.15, 0.2) is 10.9 Å². The molecule has 1 aliphatic rings. The molecule has 1 fully saturated rings. The van der Waals surface area contributed by atoms with Gasteiger partial charge in [0.2, 0.25) is 0 Å². The molecule has 4 heteroatoms. The summed E-state index contributed by atoms with van der Waals surface area (Å²) in [5.41, 5.74) is 2.91. The number of nitrogens with zero attached hydrogens (tertiary/aromatic N) is 1. The van der Waals surface area contributed by atoms with E-state index < -0.39 is 0 Å². The summed E-state index contributed by atoms with van der Waals surface area (Å²) in [6.07, 6.45) is 1.74. The number of hydrogen-bond acceptors (Lipinski definition) is 4. The Kier molecular flexibility index (Phi) is 2.82. The summed E-state index contributed by atoms with van der Waals surface area (Å²) in [4.78, 5) is 15.5. The Morgan fingerprint density at radius 2 is 2.57 bits per heavy atom. The van der Waals surface area contributed by atoms with Crippen molar-refractivity contribution >= 4 is 17.3 Å². The van der Waals surface area contributed by atoms with Gasteiger partial charge in [0.15, 0.2) is 0 Å². The highest BCUT2D eigenvalue weighted by atomic mass is 32.1. The molecule has 0 spiro atoms. The summed E-state index contributed by atoms with van der Waals surface area (Å²) in [5, 5.41) is 2.04. The molecule has 0 radical (unpaired) electrons. The fourth-order valence-corrected chi connectivity index (χ4v) is 2.48. The molecule has 1 saturated heterocycles. The predicted molar refractivity (Wildman–Crippen MR) is 54.0 cm³/mol. The lowest BCUT2D eigenvalue weighted by Gasteiger charge is -2.10. The van der Waals surface area contributed by atoms with Crippen LogP contribution in [0.1, 0.15) is 19.0 Å². The Labute approximate surface area is 87.1 Å². The normalized spacial score (nSPS) is 26.5. The maximum absolute atomic E-state index is 11.3. The lowest BCUT2D eigenvalue weighted by molar-refractivity contribution is -0.141. The van der Waals surface area contributed by atoms with Crippen molar-refractivity contribution in [1.82, 2.24) is 4.98 Å². The average molecular weight is 211 g/mol. The number of esters is 1. The molecule has 2 atom stereocenters. The van der Waals surface area contributed by atoms with Crippen LogP contribution in [-0.4, -0.2) is 17.6 Å². The van der Waals surface area contributed by atoms with Crippen molar-refractivity contribution in [2.45, 2.75) is 19.8 Å². The minimum absolute atomic E-state index is 0.0345. The lowest BCUT2D eigenvalue weighted by atomic mass is 9.89. The summed E-state index contributed by atoms with van der Waals surface area (Å²) in [7, 11) is 0. The fourth-order valence-electron chi connectivity index (χ4n) is 1.91. The van der Waals surface area contributed by atoms with E-state index in [-0.39, 0.29) is 11.9 Å². The van der Waals surface area contributed by atoms with Crippen LogP contribution in [0, 0.1) is 11.8 Å². The molecular formula is C10H13NO2S. The first kappa shape index (κ1) is 9.65. The van der Waals surface area contributed by atoms with Gasteiger partial charge in [0, 0.05) is 11.3 Å². The van der Waals surface area contributed by atoms with Crippen LogP contribution < -0.4 is 0 Å². The lowest BCUT2D eigenvalue weighted by Crippen LogP contribution is -2.17. The second-order valence-electron chi connectivity index (χ2n) is 3.59. The molecule has 76 valence electrons. The molecule has 0 amide bonds. The van der Waals surface area contributed by atoms with Crippen LogP contribution >= 0.6 is 11.3 Å². The van der Waals surface area contributed by atoms with E-state index >= 15 is 0 Å². The molecule has 0 N–H and O–H groups in total. The van der Waals surface area contributed by atoms with E-state index in [9.17, 15) is 4.79 Å². The molecule has 2 unspecified atom stereocenters. The Morgan fingerprint density at radius 1 is 1.71 bits per heavy atom. The van der Waals surface area contributed by atoms with Gasteiger partial charge < -0.3 is 4.74 Å². The monoisotopic (exact) mass is 211 g/mol. The molecule has 0 aliphatic carbocycles. The molecule has 14 heavy (non-hydrogen) atoms. The molecular weight excluding hydrogens is 198 g/mol. The van der Waals surface area contributed by atoms with Crippen LogP contribution in [-0.2, 0) is 16.0 Å². The van der Waals surface area contributed by atoms with E-state index in [1.165, 1.54) is 0 Å². The number of aromatic nitrogens is 1. The van der Waals surface area contributed by atoms with E-state index in [1.807, 2.05) is 17.8 Å². The van der Waals surface area contributed by atoms with Gasteiger partial charge in [-0.3, -0.25) is 4.79 Å². The van der Waals surface area contributed by atoms with Gasteiger partial charge in [-0.05, 0) is 12.8 Å². The topological polar surface area (TPSA) is 39.2 Å². The van der Waals surface area contributed by atoms with Crippen LogP contribution in [0.25, 0.3) is 0 Å². The quantitative estimate of drug-likeness (QED) is 0.717. The molecule has 0 saturated carbocycles. The van der Waals surface area contributed by atoms with Gasteiger partial charge in [0.05, 0.1) is 23.7 Å².